The molecule has 7 nitrogen and oxygen atoms in total. The number of hydrogen-bond acceptors (Lipinski definition) is 4. The third kappa shape index (κ3) is 2.52. The molecule has 0 saturated carbocycles. The molecular formula is C8H11N3O4. The van der Waals surface area contributed by atoms with Gasteiger partial charge < -0.3 is 5.32 Å². The van der Waals surface area contributed by atoms with Gasteiger partial charge in [-0.05, 0) is 6.92 Å². The maximum Gasteiger partial charge on any atom is 0.331 e. The van der Waals surface area contributed by atoms with E-state index < -0.39 is 17.8 Å². The summed E-state index contributed by atoms with van der Waals surface area (Å²) >= 11 is 0. The second-order valence-electron chi connectivity index (χ2n) is 2.92. The lowest BCUT2D eigenvalue weighted by atomic mass is 10.3. The highest BCUT2D eigenvalue weighted by atomic mass is 16.2. The Hall–Kier alpha value is -1.92. The normalized spacial score (nSPS) is 15.5. The van der Waals surface area contributed by atoms with E-state index in [-0.39, 0.29) is 18.9 Å². The molecule has 1 aliphatic rings. The summed E-state index contributed by atoms with van der Waals surface area (Å²) in [4.78, 5) is 44.5. The van der Waals surface area contributed by atoms with Crippen LogP contribution in [0.4, 0.5) is 4.79 Å². The van der Waals surface area contributed by atoms with Gasteiger partial charge in [0, 0.05) is 19.5 Å². The molecule has 0 atom stereocenters. The van der Waals surface area contributed by atoms with Crippen molar-refractivity contribution in [2.24, 2.45) is 0 Å². The number of imide groups is 2. The number of nitrogens with one attached hydrogen (secondary N) is 2. The smallest absolute Gasteiger partial charge is 0.331 e. The molecule has 0 spiro atoms. The van der Waals surface area contributed by atoms with Crippen molar-refractivity contribution in [3.05, 3.63) is 0 Å². The van der Waals surface area contributed by atoms with Crippen LogP contribution < -0.4 is 10.6 Å². The Morgan fingerprint density at radius 3 is 2.53 bits per heavy atom. The van der Waals surface area contributed by atoms with Crippen LogP contribution in [0.15, 0.2) is 0 Å². The topological polar surface area (TPSA) is 95.6 Å². The first kappa shape index (κ1) is 11.2. The van der Waals surface area contributed by atoms with Crippen LogP contribution in [0.1, 0.15) is 13.3 Å². The largest absolute Gasteiger partial charge is 0.356 e. The molecule has 0 aliphatic carbocycles. The van der Waals surface area contributed by atoms with Crippen LogP contribution in [-0.4, -0.2) is 41.7 Å². The first-order valence-corrected chi connectivity index (χ1v) is 4.49. The quantitative estimate of drug-likeness (QED) is 0.443. The van der Waals surface area contributed by atoms with E-state index in [4.69, 9.17) is 0 Å². The molecule has 0 aromatic carbocycles. The second-order valence-corrected chi connectivity index (χ2v) is 2.92. The fourth-order valence-corrected chi connectivity index (χ4v) is 1.13. The standard InChI is InChI=1S/C8H11N3O4/c1-2-9-5(12)3-4-11-7(14)6(13)10-8(11)15/h2-4H2,1H3,(H,9,12)(H,10,13,15). The zero-order valence-corrected chi connectivity index (χ0v) is 8.20. The summed E-state index contributed by atoms with van der Waals surface area (Å²) in [6.45, 7) is 2.16. The van der Waals surface area contributed by atoms with Crippen LogP contribution in [0.3, 0.4) is 0 Å². The lowest BCUT2D eigenvalue weighted by molar-refractivity contribution is -0.140. The van der Waals surface area contributed by atoms with Crippen LogP contribution in [0.25, 0.3) is 0 Å². The minimum Gasteiger partial charge on any atom is -0.356 e. The third-order valence-electron chi connectivity index (χ3n) is 1.84. The highest BCUT2D eigenvalue weighted by Crippen LogP contribution is 2.01. The van der Waals surface area contributed by atoms with Crippen molar-refractivity contribution in [2.45, 2.75) is 13.3 Å². The van der Waals surface area contributed by atoms with Gasteiger partial charge in [0.1, 0.15) is 0 Å². The van der Waals surface area contributed by atoms with Crippen LogP contribution in [0, 0.1) is 0 Å². The fraction of sp³-hybridized carbons (Fsp3) is 0.500. The molecule has 0 unspecified atom stereocenters. The van der Waals surface area contributed by atoms with E-state index in [0.717, 1.165) is 4.90 Å². The van der Waals surface area contributed by atoms with Crippen molar-refractivity contribution >= 4 is 23.8 Å². The highest BCUT2D eigenvalue weighted by molar-refractivity contribution is 6.44. The van der Waals surface area contributed by atoms with E-state index in [9.17, 15) is 19.2 Å². The third-order valence-corrected chi connectivity index (χ3v) is 1.84. The maximum absolute atomic E-state index is 11.0. The van der Waals surface area contributed by atoms with E-state index in [0.29, 0.717) is 6.54 Å². The molecule has 82 valence electrons. The Kier molecular flexibility index (Phi) is 3.37. The molecule has 0 bridgehead atoms. The van der Waals surface area contributed by atoms with Gasteiger partial charge in [0.15, 0.2) is 0 Å². The minimum absolute atomic E-state index is 0.000278. The molecule has 2 N–H and O–H groups in total. The summed E-state index contributed by atoms with van der Waals surface area (Å²) in [5.41, 5.74) is 0. The van der Waals surface area contributed by atoms with Crippen molar-refractivity contribution in [2.75, 3.05) is 13.1 Å². The molecule has 0 aromatic rings. The summed E-state index contributed by atoms with van der Waals surface area (Å²) in [6.07, 6.45) is 0.000278. The molecule has 1 aliphatic heterocycles. The van der Waals surface area contributed by atoms with Gasteiger partial charge in [0.2, 0.25) is 5.91 Å². The number of carbonyl (C=O) groups excluding carboxylic acids is 4. The first-order valence-electron chi connectivity index (χ1n) is 4.49. The van der Waals surface area contributed by atoms with Gasteiger partial charge in [-0.3, -0.25) is 24.6 Å². The van der Waals surface area contributed by atoms with Crippen molar-refractivity contribution in [1.29, 1.82) is 0 Å². The number of rotatable bonds is 4. The average molecular weight is 213 g/mol. The van der Waals surface area contributed by atoms with Crippen molar-refractivity contribution in [3.8, 4) is 0 Å². The molecule has 7 heteroatoms. The van der Waals surface area contributed by atoms with Gasteiger partial charge in [-0.25, -0.2) is 4.79 Å². The number of urea groups is 1. The second kappa shape index (κ2) is 4.54. The maximum atomic E-state index is 11.0. The van der Waals surface area contributed by atoms with Gasteiger partial charge in [-0.2, -0.15) is 0 Å². The van der Waals surface area contributed by atoms with Crippen LogP contribution in [0.5, 0.6) is 0 Å². The van der Waals surface area contributed by atoms with Crippen LogP contribution in [-0.2, 0) is 14.4 Å². The Morgan fingerprint density at radius 2 is 2.07 bits per heavy atom. The Bertz CT molecular complexity index is 326. The first-order chi connectivity index (χ1) is 7.06. The summed E-state index contributed by atoms with van der Waals surface area (Å²) in [5, 5.41) is 4.36. The minimum atomic E-state index is -0.948. The van der Waals surface area contributed by atoms with Gasteiger partial charge in [0.05, 0.1) is 0 Å². The van der Waals surface area contributed by atoms with Crippen LogP contribution in [0.2, 0.25) is 0 Å². The molecule has 1 heterocycles. The van der Waals surface area contributed by atoms with E-state index in [2.05, 4.69) is 5.32 Å². The lowest BCUT2D eigenvalue weighted by Gasteiger charge is -2.10. The predicted octanol–water partition coefficient (Wildman–Crippen LogP) is -1.41. The summed E-state index contributed by atoms with van der Waals surface area (Å²) in [7, 11) is 0. The Labute approximate surface area is 85.8 Å². The van der Waals surface area contributed by atoms with Gasteiger partial charge in [-0.15, -0.1) is 0 Å². The zero-order valence-electron chi connectivity index (χ0n) is 8.20. The Morgan fingerprint density at radius 1 is 1.40 bits per heavy atom. The van der Waals surface area contributed by atoms with Crippen molar-refractivity contribution < 1.29 is 19.2 Å². The van der Waals surface area contributed by atoms with E-state index in [1.807, 2.05) is 5.32 Å². The van der Waals surface area contributed by atoms with E-state index in [1.165, 1.54) is 0 Å². The average Bonchev–Trinajstić information content (AvgIpc) is 2.40. The highest BCUT2D eigenvalue weighted by Gasteiger charge is 2.36. The molecule has 0 aromatic heterocycles. The van der Waals surface area contributed by atoms with Crippen molar-refractivity contribution in [1.82, 2.24) is 15.5 Å². The molecule has 1 fully saturated rings. The van der Waals surface area contributed by atoms with Gasteiger partial charge in [0.25, 0.3) is 0 Å². The number of nitrogens with zero attached hydrogens (tertiary/aromatic N) is 1. The molecule has 0 radical (unpaired) electrons. The molecule has 15 heavy (non-hydrogen) atoms. The zero-order chi connectivity index (χ0) is 11.4. The number of amides is 5. The molecule has 1 rings (SSSR count). The summed E-state index contributed by atoms with van der Waals surface area (Å²) < 4.78 is 0. The summed E-state index contributed by atoms with van der Waals surface area (Å²) in [6, 6.07) is -0.769. The monoisotopic (exact) mass is 213 g/mol. The van der Waals surface area contributed by atoms with Gasteiger partial charge >= 0.3 is 17.8 Å². The predicted molar refractivity (Wildman–Crippen MR) is 48.6 cm³/mol. The van der Waals surface area contributed by atoms with E-state index in [1.54, 1.807) is 6.92 Å². The van der Waals surface area contributed by atoms with Gasteiger partial charge in [-0.1, -0.05) is 0 Å². The van der Waals surface area contributed by atoms with E-state index >= 15 is 0 Å². The van der Waals surface area contributed by atoms with Crippen LogP contribution >= 0.6 is 0 Å². The molecule has 1 saturated heterocycles. The Balaban J connectivity index is 2.45. The summed E-state index contributed by atoms with van der Waals surface area (Å²) in [5.74, 6) is -2.13. The van der Waals surface area contributed by atoms with Crippen molar-refractivity contribution in [3.63, 3.8) is 0 Å². The lowest BCUT2D eigenvalue weighted by Crippen LogP contribution is -2.35. The number of hydrogen-bond donors (Lipinski definition) is 2. The number of carbonyl (C=O) groups is 4. The fourth-order valence-electron chi connectivity index (χ4n) is 1.13. The molecule has 5 amide bonds. The SMILES string of the molecule is CCNC(=O)CCN1C(=O)NC(=O)C1=O. The molecular weight excluding hydrogens is 202 g/mol.